The van der Waals surface area contributed by atoms with Crippen molar-refractivity contribution >= 4 is 29.0 Å². The van der Waals surface area contributed by atoms with Gasteiger partial charge < -0.3 is 10.2 Å². The molecule has 17 heavy (non-hydrogen) atoms. The first-order valence-electron chi connectivity index (χ1n) is 5.31. The van der Waals surface area contributed by atoms with Crippen LogP contribution in [-0.2, 0) is 4.79 Å². The molecule has 1 N–H and O–H groups in total. The van der Waals surface area contributed by atoms with Gasteiger partial charge in [-0.3, -0.25) is 4.79 Å². The van der Waals surface area contributed by atoms with Crippen molar-refractivity contribution in [1.82, 2.24) is 9.97 Å². The first-order valence-corrected chi connectivity index (χ1v) is 5.69. The van der Waals surface area contributed by atoms with Crippen LogP contribution in [-0.4, -0.2) is 29.0 Å². The van der Waals surface area contributed by atoms with E-state index in [1.54, 1.807) is 6.08 Å². The van der Waals surface area contributed by atoms with Gasteiger partial charge in [0.15, 0.2) is 5.82 Å². The van der Waals surface area contributed by atoms with Gasteiger partial charge in [0.2, 0.25) is 11.2 Å². The lowest BCUT2D eigenvalue weighted by Crippen LogP contribution is -2.31. The average Bonchev–Trinajstić information content (AvgIpc) is 2.40. The highest BCUT2D eigenvalue weighted by Crippen LogP contribution is 2.28. The first-order chi connectivity index (χ1) is 8.11. The third-order valence-electron chi connectivity index (χ3n) is 2.59. The summed E-state index contributed by atoms with van der Waals surface area (Å²) in [5.41, 5.74) is 0.589. The molecule has 6 heteroatoms. The largest absolute Gasteiger partial charge is 0.350 e. The summed E-state index contributed by atoms with van der Waals surface area (Å²) < 4.78 is 0. The Morgan fingerprint density at radius 3 is 3.24 bits per heavy atom. The van der Waals surface area contributed by atoms with Gasteiger partial charge in [0.1, 0.15) is 5.69 Å². The minimum atomic E-state index is -0.122. The summed E-state index contributed by atoms with van der Waals surface area (Å²) in [4.78, 5) is 21.8. The second kappa shape index (κ2) is 4.71. The predicted octanol–water partition coefficient (Wildman–Crippen LogP) is 1.71. The van der Waals surface area contributed by atoms with Crippen molar-refractivity contribution in [3.8, 4) is 0 Å². The summed E-state index contributed by atoms with van der Waals surface area (Å²) in [6.07, 6.45) is 3.29. The van der Waals surface area contributed by atoms with Crippen LogP contribution in [0.1, 0.15) is 6.92 Å². The molecule has 1 aliphatic rings. The van der Waals surface area contributed by atoms with Crippen molar-refractivity contribution < 1.29 is 4.79 Å². The molecular formula is C11H13ClN4O. The number of hydrogen-bond donors (Lipinski definition) is 1. The zero-order chi connectivity index (χ0) is 12.4. The Morgan fingerprint density at radius 1 is 1.76 bits per heavy atom. The normalized spacial score (nSPS) is 19.3. The summed E-state index contributed by atoms with van der Waals surface area (Å²) in [5, 5.41) is 2.96. The fourth-order valence-electron chi connectivity index (χ4n) is 1.75. The molecule has 1 aromatic heterocycles. The van der Waals surface area contributed by atoms with Crippen LogP contribution in [0.4, 0.5) is 11.5 Å². The topological polar surface area (TPSA) is 58.1 Å². The molecule has 1 amide bonds. The van der Waals surface area contributed by atoms with Gasteiger partial charge in [0.05, 0.1) is 12.1 Å². The SMILES string of the molecule is C=CCN1CC(C)C(=O)Nc2cnc(Cl)nc21. The number of amides is 1. The molecule has 2 heterocycles. The molecule has 0 aliphatic carbocycles. The van der Waals surface area contributed by atoms with E-state index in [1.807, 2.05) is 11.8 Å². The number of anilines is 2. The predicted molar refractivity (Wildman–Crippen MR) is 67.2 cm³/mol. The van der Waals surface area contributed by atoms with E-state index < -0.39 is 0 Å². The van der Waals surface area contributed by atoms with E-state index in [0.29, 0.717) is 24.6 Å². The number of fused-ring (bicyclic) bond motifs is 1. The second-order valence-corrected chi connectivity index (χ2v) is 4.30. The molecule has 2 rings (SSSR count). The van der Waals surface area contributed by atoms with Crippen molar-refractivity contribution in [3.05, 3.63) is 24.1 Å². The van der Waals surface area contributed by atoms with E-state index in [9.17, 15) is 4.79 Å². The minimum Gasteiger partial charge on any atom is -0.350 e. The van der Waals surface area contributed by atoms with Gasteiger partial charge >= 0.3 is 0 Å². The van der Waals surface area contributed by atoms with Gasteiger partial charge in [0, 0.05) is 13.1 Å². The molecule has 1 aromatic rings. The van der Waals surface area contributed by atoms with Crippen LogP contribution in [0.2, 0.25) is 5.28 Å². The molecule has 0 saturated heterocycles. The fraction of sp³-hybridized carbons (Fsp3) is 0.364. The number of carbonyl (C=O) groups is 1. The van der Waals surface area contributed by atoms with E-state index in [4.69, 9.17) is 11.6 Å². The van der Waals surface area contributed by atoms with Crippen molar-refractivity contribution in [1.29, 1.82) is 0 Å². The molecule has 0 saturated carbocycles. The Kier molecular flexibility index (Phi) is 3.28. The summed E-state index contributed by atoms with van der Waals surface area (Å²) in [7, 11) is 0. The molecule has 0 fully saturated rings. The van der Waals surface area contributed by atoms with Gasteiger partial charge in [-0.2, -0.15) is 4.98 Å². The molecule has 90 valence electrons. The number of hydrogen-bond acceptors (Lipinski definition) is 4. The van der Waals surface area contributed by atoms with Crippen molar-refractivity contribution in [3.63, 3.8) is 0 Å². The number of nitrogens with zero attached hydrogens (tertiary/aromatic N) is 3. The Hall–Kier alpha value is -1.62. The fourth-order valence-corrected chi connectivity index (χ4v) is 1.88. The molecule has 0 aromatic carbocycles. The smallest absolute Gasteiger partial charge is 0.229 e. The van der Waals surface area contributed by atoms with E-state index in [-0.39, 0.29) is 17.1 Å². The second-order valence-electron chi connectivity index (χ2n) is 3.96. The maximum Gasteiger partial charge on any atom is 0.229 e. The third-order valence-corrected chi connectivity index (χ3v) is 2.77. The Morgan fingerprint density at radius 2 is 2.53 bits per heavy atom. The summed E-state index contributed by atoms with van der Waals surface area (Å²) in [6, 6.07) is 0. The van der Waals surface area contributed by atoms with Gasteiger partial charge in [0.25, 0.3) is 0 Å². The van der Waals surface area contributed by atoms with E-state index >= 15 is 0 Å². The minimum absolute atomic E-state index is 0.0382. The van der Waals surface area contributed by atoms with E-state index in [2.05, 4.69) is 21.9 Å². The van der Waals surface area contributed by atoms with Crippen LogP contribution in [0.25, 0.3) is 0 Å². The molecule has 0 radical (unpaired) electrons. The molecule has 0 spiro atoms. The maximum atomic E-state index is 11.8. The maximum absolute atomic E-state index is 11.8. The summed E-state index contributed by atoms with van der Waals surface area (Å²) in [5.74, 6) is 0.481. The lowest BCUT2D eigenvalue weighted by molar-refractivity contribution is -0.119. The lowest BCUT2D eigenvalue weighted by Gasteiger charge is -2.22. The van der Waals surface area contributed by atoms with Crippen LogP contribution < -0.4 is 10.2 Å². The lowest BCUT2D eigenvalue weighted by atomic mass is 10.1. The van der Waals surface area contributed by atoms with Crippen LogP contribution in [0.5, 0.6) is 0 Å². The van der Waals surface area contributed by atoms with Gasteiger partial charge in [-0.05, 0) is 11.6 Å². The average molecular weight is 253 g/mol. The van der Waals surface area contributed by atoms with Crippen LogP contribution in [0.3, 0.4) is 0 Å². The van der Waals surface area contributed by atoms with E-state index in [1.165, 1.54) is 6.20 Å². The van der Waals surface area contributed by atoms with Crippen LogP contribution in [0, 0.1) is 5.92 Å². The van der Waals surface area contributed by atoms with Crippen LogP contribution in [0.15, 0.2) is 18.9 Å². The summed E-state index contributed by atoms with van der Waals surface area (Å²) in [6.45, 7) is 6.76. The van der Waals surface area contributed by atoms with E-state index in [0.717, 1.165) is 0 Å². The highest BCUT2D eigenvalue weighted by molar-refractivity contribution is 6.28. The number of aromatic nitrogens is 2. The summed E-state index contributed by atoms with van der Waals surface area (Å²) >= 11 is 5.78. The molecular weight excluding hydrogens is 240 g/mol. The zero-order valence-electron chi connectivity index (χ0n) is 9.48. The first kappa shape index (κ1) is 11.9. The highest BCUT2D eigenvalue weighted by Gasteiger charge is 2.25. The number of carbonyl (C=O) groups excluding carboxylic acids is 1. The highest BCUT2D eigenvalue weighted by atomic mass is 35.5. The molecule has 1 atom stereocenters. The van der Waals surface area contributed by atoms with Crippen molar-refractivity contribution in [2.75, 3.05) is 23.3 Å². The quantitative estimate of drug-likeness (QED) is 0.643. The number of rotatable bonds is 2. The van der Waals surface area contributed by atoms with Crippen LogP contribution >= 0.6 is 11.6 Å². The molecule has 5 nitrogen and oxygen atoms in total. The van der Waals surface area contributed by atoms with Crippen molar-refractivity contribution in [2.45, 2.75) is 6.92 Å². The third kappa shape index (κ3) is 2.39. The number of halogens is 1. The monoisotopic (exact) mass is 252 g/mol. The van der Waals surface area contributed by atoms with Gasteiger partial charge in [-0.1, -0.05) is 13.0 Å². The molecule has 1 unspecified atom stereocenters. The Bertz CT molecular complexity index is 463. The number of nitrogens with one attached hydrogen (secondary N) is 1. The standard InChI is InChI=1S/C11H13ClN4O/c1-3-4-16-6-7(2)10(17)14-8-5-13-11(12)15-9(8)16/h3,5,7H,1,4,6H2,2H3,(H,14,17). The van der Waals surface area contributed by atoms with Crippen molar-refractivity contribution in [2.24, 2.45) is 5.92 Å². The molecule has 1 aliphatic heterocycles. The zero-order valence-corrected chi connectivity index (χ0v) is 10.2. The Labute approximate surface area is 105 Å². The molecule has 0 bridgehead atoms. The van der Waals surface area contributed by atoms with Gasteiger partial charge in [-0.15, -0.1) is 6.58 Å². The van der Waals surface area contributed by atoms with Gasteiger partial charge in [-0.25, -0.2) is 4.98 Å². The Balaban J connectivity index is 2.45.